The SMILES string of the molecule is CCc1cccc2c([C@@H](CC(=O)NCCN3CCCC3)c3ccccc3OC)c[nH]c12. The normalized spacial score (nSPS) is 15.3. The molecular formula is C26H33N3O2. The van der Waals surface area contributed by atoms with E-state index in [1.807, 2.05) is 18.2 Å². The van der Waals surface area contributed by atoms with Gasteiger partial charge in [-0.15, -0.1) is 0 Å². The largest absolute Gasteiger partial charge is 0.496 e. The van der Waals surface area contributed by atoms with Gasteiger partial charge in [-0.1, -0.05) is 43.3 Å². The number of hydrogen-bond donors (Lipinski definition) is 2. The van der Waals surface area contributed by atoms with Gasteiger partial charge < -0.3 is 19.9 Å². The third-order valence-corrected chi connectivity index (χ3v) is 6.44. The maximum absolute atomic E-state index is 13.0. The predicted molar refractivity (Wildman–Crippen MR) is 126 cm³/mol. The highest BCUT2D eigenvalue weighted by atomic mass is 16.5. The highest BCUT2D eigenvalue weighted by Gasteiger charge is 2.24. The van der Waals surface area contributed by atoms with Crippen LogP contribution in [0, 0.1) is 0 Å². The first kappa shape index (κ1) is 21.4. The molecule has 0 bridgehead atoms. The number of carbonyl (C=O) groups is 1. The highest BCUT2D eigenvalue weighted by Crippen LogP contribution is 2.38. The first-order valence-corrected chi connectivity index (χ1v) is 11.4. The van der Waals surface area contributed by atoms with Crippen molar-refractivity contribution in [2.75, 3.05) is 33.3 Å². The van der Waals surface area contributed by atoms with Crippen molar-refractivity contribution in [1.29, 1.82) is 0 Å². The van der Waals surface area contributed by atoms with Crippen LogP contribution >= 0.6 is 0 Å². The summed E-state index contributed by atoms with van der Waals surface area (Å²) in [6.07, 6.45) is 5.96. The monoisotopic (exact) mass is 419 g/mol. The molecule has 1 saturated heterocycles. The Bertz CT molecular complexity index is 1020. The van der Waals surface area contributed by atoms with Gasteiger partial charge in [-0.05, 0) is 49.5 Å². The molecule has 0 saturated carbocycles. The third kappa shape index (κ3) is 4.77. The van der Waals surface area contributed by atoms with E-state index < -0.39 is 0 Å². The molecule has 0 radical (unpaired) electrons. The molecule has 31 heavy (non-hydrogen) atoms. The second-order valence-corrected chi connectivity index (χ2v) is 8.33. The van der Waals surface area contributed by atoms with E-state index in [0.717, 1.165) is 48.4 Å². The summed E-state index contributed by atoms with van der Waals surface area (Å²) < 4.78 is 5.66. The molecule has 1 aliphatic heterocycles. The Balaban J connectivity index is 1.60. The van der Waals surface area contributed by atoms with Crippen molar-refractivity contribution in [3.8, 4) is 5.75 Å². The van der Waals surface area contributed by atoms with E-state index in [1.165, 1.54) is 23.8 Å². The first-order chi connectivity index (χ1) is 15.2. The van der Waals surface area contributed by atoms with Crippen molar-refractivity contribution in [1.82, 2.24) is 15.2 Å². The Kier molecular flexibility index (Phi) is 6.92. The average molecular weight is 420 g/mol. The molecule has 1 atom stereocenters. The molecule has 3 aromatic rings. The molecule has 0 spiro atoms. The Morgan fingerprint density at radius 2 is 1.94 bits per heavy atom. The van der Waals surface area contributed by atoms with Crippen LogP contribution in [0.25, 0.3) is 10.9 Å². The van der Waals surface area contributed by atoms with E-state index in [4.69, 9.17) is 4.74 Å². The van der Waals surface area contributed by atoms with Gasteiger partial charge in [0.05, 0.1) is 7.11 Å². The van der Waals surface area contributed by atoms with Crippen molar-refractivity contribution in [2.45, 2.75) is 38.5 Å². The lowest BCUT2D eigenvalue weighted by Gasteiger charge is -2.20. The number of aromatic nitrogens is 1. The molecule has 0 unspecified atom stereocenters. The van der Waals surface area contributed by atoms with E-state index in [1.54, 1.807) is 7.11 Å². The first-order valence-electron chi connectivity index (χ1n) is 11.4. The van der Waals surface area contributed by atoms with E-state index >= 15 is 0 Å². The minimum absolute atomic E-state index is 0.0797. The van der Waals surface area contributed by atoms with Gasteiger partial charge in [0.2, 0.25) is 5.91 Å². The van der Waals surface area contributed by atoms with Crippen molar-refractivity contribution >= 4 is 16.8 Å². The number of nitrogens with one attached hydrogen (secondary N) is 2. The number of aryl methyl sites for hydroxylation is 1. The van der Waals surface area contributed by atoms with Crippen LogP contribution < -0.4 is 10.1 Å². The summed E-state index contributed by atoms with van der Waals surface area (Å²) in [5.74, 6) is 0.818. The third-order valence-electron chi connectivity index (χ3n) is 6.44. The number of amides is 1. The molecule has 164 valence electrons. The quantitative estimate of drug-likeness (QED) is 0.538. The number of methoxy groups -OCH3 is 1. The minimum Gasteiger partial charge on any atom is -0.496 e. The molecule has 1 aromatic heterocycles. The number of benzene rings is 2. The zero-order valence-corrected chi connectivity index (χ0v) is 18.6. The maximum atomic E-state index is 13.0. The Morgan fingerprint density at radius 1 is 1.13 bits per heavy atom. The molecular weight excluding hydrogens is 386 g/mol. The number of para-hydroxylation sites is 2. The van der Waals surface area contributed by atoms with Crippen LogP contribution in [-0.2, 0) is 11.2 Å². The van der Waals surface area contributed by atoms with Crippen molar-refractivity contribution < 1.29 is 9.53 Å². The molecule has 1 aliphatic rings. The number of fused-ring (bicyclic) bond motifs is 1. The predicted octanol–water partition coefficient (Wildman–Crippen LogP) is 4.47. The van der Waals surface area contributed by atoms with Crippen molar-refractivity contribution in [3.63, 3.8) is 0 Å². The highest BCUT2D eigenvalue weighted by molar-refractivity contribution is 5.88. The summed E-state index contributed by atoms with van der Waals surface area (Å²) in [7, 11) is 1.69. The number of carbonyl (C=O) groups excluding carboxylic acids is 1. The van der Waals surface area contributed by atoms with E-state index in [9.17, 15) is 4.79 Å². The topological polar surface area (TPSA) is 57.4 Å². The summed E-state index contributed by atoms with van der Waals surface area (Å²) >= 11 is 0. The van der Waals surface area contributed by atoms with Gasteiger partial charge in [0, 0.05) is 48.1 Å². The average Bonchev–Trinajstić information content (AvgIpc) is 3.47. The van der Waals surface area contributed by atoms with Gasteiger partial charge in [-0.2, -0.15) is 0 Å². The van der Waals surface area contributed by atoms with Crippen LogP contribution in [0.3, 0.4) is 0 Å². The lowest BCUT2D eigenvalue weighted by Crippen LogP contribution is -2.34. The number of rotatable bonds is 9. The molecule has 1 fully saturated rings. The zero-order chi connectivity index (χ0) is 21.6. The number of H-pyrrole nitrogens is 1. The summed E-state index contributed by atoms with van der Waals surface area (Å²) in [5.41, 5.74) is 4.64. The van der Waals surface area contributed by atoms with Gasteiger partial charge in [0.1, 0.15) is 5.75 Å². The summed E-state index contributed by atoms with van der Waals surface area (Å²) in [6.45, 7) is 6.09. The van der Waals surface area contributed by atoms with E-state index in [-0.39, 0.29) is 11.8 Å². The Labute approximate surface area is 184 Å². The summed E-state index contributed by atoms with van der Waals surface area (Å²) in [5, 5.41) is 4.33. The minimum atomic E-state index is -0.0798. The number of nitrogens with zero attached hydrogens (tertiary/aromatic N) is 1. The lowest BCUT2D eigenvalue weighted by molar-refractivity contribution is -0.121. The zero-order valence-electron chi connectivity index (χ0n) is 18.6. The fraction of sp³-hybridized carbons (Fsp3) is 0.423. The second-order valence-electron chi connectivity index (χ2n) is 8.33. The molecule has 1 amide bonds. The van der Waals surface area contributed by atoms with Crippen LogP contribution in [0.4, 0.5) is 0 Å². The van der Waals surface area contributed by atoms with Gasteiger partial charge in [-0.25, -0.2) is 0 Å². The standard InChI is InChI=1S/C26H33N3O2/c1-3-19-9-8-11-21-23(18-28-26(19)21)22(20-10-4-5-12-24(20)31-2)17-25(30)27-13-16-29-14-6-7-15-29/h4-5,8-12,18,22,28H,3,6-7,13-17H2,1-2H3,(H,27,30)/t22-/m0/s1. The summed E-state index contributed by atoms with van der Waals surface area (Å²) in [4.78, 5) is 18.9. The number of ether oxygens (including phenoxy) is 1. The van der Waals surface area contributed by atoms with Crippen LogP contribution in [0.5, 0.6) is 5.75 Å². The number of aromatic amines is 1. The van der Waals surface area contributed by atoms with Crippen molar-refractivity contribution in [3.05, 3.63) is 65.4 Å². The van der Waals surface area contributed by atoms with Crippen molar-refractivity contribution in [2.24, 2.45) is 0 Å². The maximum Gasteiger partial charge on any atom is 0.220 e. The fourth-order valence-electron chi connectivity index (χ4n) is 4.78. The molecule has 2 heterocycles. The molecule has 5 nitrogen and oxygen atoms in total. The Morgan fingerprint density at radius 3 is 2.71 bits per heavy atom. The number of likely N-dealkylation sites (tertiary alicyclic amines) is 1. The van der Waals surface area contributed by atoms with Crippen LogP contribution in [-0.4, -0.2) is 49.1 Å². The van der Waals surface area contributed by atoms with Crippen LogP contribution in [0.1, 0.15) is 48.8 Å². The number of hydrogen-bond acceptors (Lipinski definition) is 3. The molecule has 5 heteroatoms. The van der Waals surface area contributed by atoms with Gasteiger partial charge in [0.25, 0.3) is 0 Å². The van der Waals surface area contributed by atoms with E-state index in [2.05, 4.69) is 52.6 Å². The van der Waals surface area contributed by atoms with Crippen LogP contribution in [0.2, 0.25) is 0 Å². The van der Waals surface area contributed by atoms with Gasteiger partial charge in [0.15, 0.2) is 0 Å². The molecule has 0 aliphatic carbocycles. The summed E-state index contributed by atoms with van der Waals surface area (Å²) in [6, 6.07) is 14.4. The van der Waals surface area contributed by atoms with Gasteiger partial charge in [-0.3, -0.25) is 4.79 Å². The molecule has 2 N–H and O–H groups in total. The Hall–Kier alpha value is -2.79. The van der Waals surface area contributed by atoms with Gasteiger partial charge >= 0.3 is 0 Å². The molecule has 2 aromatic carbocycles. The lowest BCUT2D eigenvalue weighted by atomic mass is 9.87. The second kappa shape index (κ2) is 10.0. The van der Waals surface area contributed by atoms with Crippen LogP contribution in [0.15, 0.2) is 48.7 Å². The fourth-order valence-corrected chi connectivity index (χ4v) is 4.78. The van der Waals surface area contributed by atoms with E-state index in [0.29, 0.717) is 13.0 Å². The molecule has 4 rings (SSSR count). The smallest absolute Gasteiger partial charge is 0.220 e.